The van der Waals surface area contributed by atoms with Gasteiger partial charge in [0.05, 0.1) is 17.3 Å². The van der Waals surface area contributed by atoms with Gasteiger partial charge < -0.3 is 10.4 Å². The molecular formula is C15H13N3O2S. The summed E-state index contributed by atoms with van der Waals surface area (Å²) in [5.41, 5.74) is 2.15. The number of aromatic nitrogens is 1. The summed E-state index contributed by atoms with van der Waals surface area (Å²) in [4.78, 5) is 16.8. The molecule has 3 rings (SSSR count). The van der Waals surface area contributed by atoms with Crippen molar-refractivity contribution in [2.24, 2.45) is 0 Å². The Hall–Kier alpha value is -2.39. The fraction of sp³-hybridized carbons (Fsp3) is 0.267. The van der Waals surface area contributed by atoms with Gasteiger partial charge in [0.15, 0.2) is 5.13 Å². The molecule has 1 heterocycles. The molecule has 0 bridgehead atoms. The molecule has 0 amide bonds. The van der Waals surface area contributed by atoms with Gasteiger partial charge in [0.25, 0.3) is 0 Å². The van der Waals surface area contributed by atoms with E-state index in [0.717, 1.165) is 23.4 Å². The Balaban J connectivity index is 1.84. The first kappa shape index (κ1) is 13.6. The van der Waals surface area contributed by atoms with Gasteiger partial charge in [-0.3, -0.25) is 4.79 Å². The molecule has 1 atom stereocenters. The Morgan fingerprint density at radius 3 is 2.86 bits per heavy atom. The van der Waals surface area contributed by atoms with Crippen molar-refractivity contribution in [2.45, 2.75) is 25.2 Å². The summed E-state index contributed by atoms with van der Waals surface area (Å²) in [5.74, 6) is -1.28. The molecule has 1 aliphatic rings. The highest BCUT2D eigenvalue weighted by Crippen LogP contribution is 2.37. The van der Waals surface area contributed by atoms with Gasteiger partial charge in [-0.25, -0.2) is 4.98 Å². The average Bonchev–Trinajstić information content (AvgIpc) is 2.89. The number of hydrogen-bond acceptors (Lipinski definition) is 5. The lowest BCUT2D eigenvalue weighted by Crippen LogP contribution is -2.17. The number of aryl methyl sites for hydroxylation is 1. The van der Waals surface area contributed by atoms with Crippen LogP contribution in [-0.4, -0.2) is 16.1 Å². The molecule has 0 radical (unpaired) electrons. The minimum atomic E-state index is -0.800. The topological polar surface area (TPSA) is 86.0 Å². The van der Waals surface area contributed by atoms with Crippen LogP contribution in [0, 0.1) is 11.3 Å². The second-order valence-electron chi connectivity index (χ2n) is 4.92. The molecule has 1 aromatic heterocycles. The minimum Gasteiger partial charge on any atom is -0.481 e. The van der Waals surface area contributed by atoms with E-state index in [4.69, 9.17) is 5.26 Å². The first-order valence-corrected chi connectivity index (χ1v) is 7.48. The molecular weight excluding hydrogens is 286 g/mol. The first-order valence-electron chi connectivity index (χ1n) is 6.67. The zero-order valence-corrected chi connectivity index (χ0v) is 12.0. The Labute approximate surface area is 125 Å². The van der Waals surface area contributed by atoms with E-state index < -0.39 is 11.9 Å². The average molecular weight is 299 g/mol. The second-order valence-corrected chi connectivity index (χ2v) is 6.01. The van der Waals surface area contributed by atoms with Crippen LogP contribution in [0.3, 0.4) is 0 Å². The number of fused-ring (bicyclic) bond motifs is 1. The predicted molar refractivity (Wildman–Crippen MR) is 79.9 cm³/mol. The van der Waals surface area contributed by atoms with Crippen molar-refractivity contribution >= 4 is 28.1 Å². The van der Waals surface area contributed by atoms with Crippen molar-refractivity contribution in [3.05, 3.63) is 40.4 Å². The van der Waals surface area contributed by atoms with Crippen molar-refractivity contribution in [3.63, 3.8) is 0 Å². The largest absolute Gasteiger partial charge is 0.481 e. The van der Waals surface area contributed by atoms with E-state index in [2.05, 4.69) is 16.4 Å². The van der Waals surface area contributed by atoms with Gasteiger partial charge in [0, 0.05) is 10.6 Å². The van der Waals surface area contributed by atoms with E-state index >= 15 is 0 Å². The van der Waals surface area contributed by atoms with Crippen LogP contribution in [0.25, 0.3) is 0 Å². The van der Waals surface area contributed by atoms with Gasteiger partial charge >= 0.3 is 5.97 Å². The summed E-state index contributed by atoms with van der Waals surface area (Å²) in [7, 11) is 0. The number of carbonyl (C=O) groups is 1. The van der Waals surface area contributed by atoms with Crippen LogP contribution < -0.4 is 5.32 Å². The molecule has 5 nitrogen and oxygen atoms in total. The van der Waals surface area contributed by atoms with E-state index in [0.29, 0.717) is 22.8 Å². The molecule has 1 unspecified atom stereocenters. The number of nitrogens with zero attached hydrogens (tertiary/aromatic N) is 2. The maximum absolute atomic E-state index is 11.3. The van der Waals surface area contributed by atoms with Gasteiger partial charge in [-0.2, -0.15) is 5.26 Å². The summed E-state index contributed by atoms with van der Waals surface area (Å²) >= 11 is 1.51. The highest BCUT2D eigenvalue weighted by atomic mass is 32.1. The molecule has 1 aliphatic carbocycles. The number of aliphatic carboxylic acids is 1. The molecule has 0 saturated carbocycles. The molecule has 0 fully saturated rings. The number of nitriles is 1. The fourth-order valence-corrected chi connectivity index (χ4v) is 3.55. The van der Waals surface area contributed by atoms with Gasteiger partial charge in [-0.15, -0.1) is 11.3 Å². The van der Waals surface area contributed by atoms with E-state index in [1.165, 1.54) is 11.3 Å². The van der Waals surface area contributed by atoms with Crippen LogP contribution in [0.1, 0.15) is 34.9 Å². The molecule has 6 heteroatoms. The monoisotopic (exact) mass is 299 g/mol. The van der Waals surface area contributed by atoms with Crippen molar-refractivity contribution < 1.29 is 9.90 Å². The quantitative estimate of drug-likeness (QED) is 0.908. The maximum Gasteiger partial charge on any atom is 0.312 e. The lowest BCUT2D eigenvalue weighted by molar-refractivity contribution is -0.139. The number of carboxylic acid groups (broad SMARTS) is 1. The summed E-state index contributed by atoms with van der Waals surface area (Å²) < 4.78 is 0. The number of carboxylic acids is 1. The molecule has 2 N–H and O–H groups in total. The standard InChI is InChI=1S/C15H13N3O2S/c16-8-9-4-6-10(7-5-9)17-15-18-13-11(14(19)20)2-1-3-12(13)21-15/h4-7,11H,1-3H2,(H,17,18)(H,19,20). The Morgan fingerprint density at radius 1 is 1.43 bits per heavy atom. The second kappa shape index (κ2) is 5.54. The first-order chi connectivity index (χ1) is 10.2. The van der Waals surface area contributed by atoms with Crippen LogP contribution >= 0.6 is 11.3 Å². The molecule has 2 aromatic rings. The van der Waals surface area contributed by atoms with Gasteiger partial charge in [-0.1, -0.05) is 0 Å². The van der Waals surface area contributed by atoms with Crippen LogP contribution in [0.15, 0.2) is 24.3 Å². The van der Waals surface area contributed by atoms with Gasteiger partial charge in [0.1, 0.15) is 5.92 Å². The molecule has 21 heavy (non-hydrogen) atoms. The van der Waals surface area contributed by atoms with Gasteiger partial charge in [-0.05, 0) is 43.5 Å². The van der Waals surface area contributed by atoms with Crippen molar-refractivity contribution in [1.82, 2.24) is 4.98 Å². The lowest BCUT2D eigenvalue weighted by atomic mass is 9.91. The smallest absolute Gasteiger partial charge is 0.312 e. The molecule has 0 saturated heterocycles. The third-order valence-electron chi connectivity index (χ3n) is 3.52. The fourth-order valence-electron chi connectivity index (χ4n) is 2.46. The van der Waals surface area contributed by atoms with Crippen molar-refractivity contribution in [1.29, 1.82) is 5.26 Å². The maximum atomic E-state index is 11.3. The third-order valence-corrected chi connectivity index (χ3v) is 4.56. The zero-order chi connectivity index (χ0) is 14.8. The summed E-state index contributed by atoms with van der Waals surface area (Å²) in [6, 6.07) is 9.16. The molecule has 0 aliphatic heterocycles. The minimum absolute atomic E-state index is 0.485. The predicted octanol–water partition coefficient (Wildman–Crippen LogP) is 3.26. The number of hydrogen-bond donors (Lipinski definition) is 2. The Morgan fingerprint density at radius 2 is 2.19 bits per heavy atom. The Bertz CT molecular complexity index is 716. The number of rotatable bonds is 3. The number of anilines is 2. The van der Waals surface area contributed by atoms with E-state index in [-0.39, 0.29) is 0 Å². The summed E-state index contributed by atoms with van der Waals surface area (Å²) in [6.07, 6.45) is 2.44. The summed E-state index contributed by atoms with van der Waals surface area (Å²) in [6.45, 7) is 0. The van der Waals surface area contributed by atoms with E-state index in [9.17, 15) is 9.90 Å². The van der Waals surface area contributed by atoms with Gasteiger partial charge in [0.2, 0.25) is 0 Å². The lowest BCUT2D eigenvalue weighted by Gasteiger charge is -2.16. The van der Waals surface area contributed by atoms with Crippen LogP contribution in [-0.2, 0) is 11.2 Å². The highest BCUT2D eigenvalue weighted by Gasteiger charge is 2.29. The van der Waals surface area contributed by atoms with Crippen molar-refractivity contribution in [3.8, 4) is 6.07 Å². The molecule has 1 aromatic carbocycles. The van der Waals surface area contributed by atoms with E-state index in [1.807, 2.05) is 12.1 Å². The van der Waals surface area contributed by atoms with Crippen LogP contribution in [0.5, 0.6) is 0 Å². The number of benzene rings is 1. The van der Waals surface area contributed by atoms with Crippen LogP contribution in [0.2, 0.25) is 0 Å². The molecule has 106 valence electrons. The third kappa shape index (κ3) is 2.73. The van der Waals surface area contributed by atoms with Crippen molar-refractivity contribution in [2.75, 3.05) is 5.32 Å². The zero-order valence-electron chi connectivity index (χ0n) is 11.2. The Kier molecular flexibility index (Phi) is 3.59. The summed E-state index contributed by atoms with van der Waals surface area (Å²) in [5, 5.41) is 21.9. The number of nitrogens with one attached hydrogen (secondary N) is 1. The van der Waals surface area contributed by atoms with Crippen LogP contribution in [0.4, 0.5) is 10.8 Å². The molecule has 0 spiro atoms. The van der Waals surface area contributed by atoms with E-state index in [1.54, 1.807) is 12.1 Å². The number of thiazole rings is 1. The highest BCUT2D eigenvalue weighted by molar-refractivity contribution is 7.15. The normalized spacial score (nSPS) is 16.8. The SMILES string of the molecule is N#Cc1ccc(Nc2nc3c(s2)CCCC3C(=O)O)cc1.